The summed E-state index contributed by atoms with van der Waals surface area (Å²) in [5.74, 6) is -1.72. The quantitative estimate of drug-likeness (QED) is 0.822. The first-order valence-electron chi connectivity index (χ1n) is 8.15. The zero-order valence-electron chi connectivity index (χ0n) is 13.8. The van der Waals surface area contributed by atoms with Crippen LogP contribution < -0.4 is 5.73 Å². The van der Waals surface area contributed by atoms with Crippen molar-refractivity contribution in [1.82, 2.24) is 14.5 Å². The van der Waals surface area contributed by atoms with Crippen molar-refractivity contribution >= 4 is 5.91 Å². The molecule has 140 valence electrons. The Kier molecular flexibility index (Phi) is 5.26. The number of carbonyl (C=O) groups is 1. The maximum absolute atomic E-state index is 13.2. The third-order valence-corrected chi connectivity index (χ3v) is 4.32. The van der Waals surface area contributed by atoms with E-state index in [1.807, 2.05) is 0 Å². The molecular formula is C17H18F4N4O. The van der Waals surface area contributed by atoms with Crippen LogP contribution in [0.4, 0.5) is 17.6 Å². The third-order valence-electron chi connectivity index (χ3n) is 4.32. The average molecular weight is 370 g/mol. The molecule has 3 rings (SSSR count). The molecule has 1 aliphatic heterocycles. The number of nitrogens with zero attached hydrogens (tertiary/aromatic N) is 3. The molecule has 1 aliphatic rings. The second kappa shape index (κ2) is 7.45. The van der Waals surface area contributed by atoms with Gasteiger partial charge in [-0.3, -0.25) is 4.79 Å². The zero-order valence-corrected chi connectivity index (χ0v) is 13.8. The van der Waals surface area contributed by atoms with E-state index in [2.05, 4.69) is 4.98 Å². The Balaban J connectivity index is 1.58. The van der Waals surface area contributed by atoms with Crippen molar-refractivity contribution in [3.63, 3.8) is 0 Å². The minimum Gasteiger partial charge on any atom is -0.333 e. The number of alkyl halides is 2. The van der Waals surface area contributed by atoms with Gasteiger partial charge in [0.2, 0.25) is 5.91 Å². The van der Waals surface area contributed by atoms with Crippen molar-refractivity contribution in [2.45, 2.75) is 38.4 Å². The van der Waals surface area contributed by atoms with Gasteiger partial charge in [0.1, 0.15) is 11.5 Å². The molecule has 1 aromatic carbocycles. The van der Waals surface area contributed by atoms with Crippen LogP contribution in [-0.2, 0) is 24.3 Å². The maximum atomic E-state index is 13.2. The fraction of sp³-hybridized carbons (Fsp3) is 0.412. The highest BCUT2D eigenvalue weighted by Gasteiger charge is 2.25. The van der Waals surface area contributed by atoms with Crippen molar-refractivity contribution in [1.29, 1.82) is 0 Å². The molecular weight excluding hydrogens is 352 g/mol. The van der Waals surface area contributed by atoms with Crippen LogP contribution in [0.1, 0.15) is 29.9 Å². The fourth-order valence-electron chi connectivity index (χ4n) is 2.99. The van der Waals surface area contributed by atoms with Gasteiger partial charge in [-0.25, -0.2) is 22.5 Å². The van der Waals surface area contributed by atoms with Crippen LogP contribution in [-0.4, -0.2) is 32.9 Å². The first kappa shape index (κ1) is 18.4. The Morgan fingerprint density at radius 1 is 1.23 bits per heavy atom. The molecule has 2 heterocycles. The van der Waals surface area contributed by atoms with Crippen LogP contribution in [0.2, 0.25) is 0 Å². The highest BCUT2D eigenvalue weighted by Crippen LogP contribution is 2.21. The summed E-state index contributed by atoms with van der Waals surface area (Å²) in [5, 5.41) is 0. The number of halogens is 4. The van der Waals surface area contributed by atoms with Crippen molar-refractivity contribution in [3.8, 4) is 0 Å². The van der Waals surface area contributed by atoms with E-state index in [1.165, 1.54) is 17.2 Å². The van der Waals surface area contributed by atoms with E-state index in [0.29, 0.717) is 24.5 Å². The normalized spacial score (nSPS) is 15.2. The van der Waals surface area contributed by atoms with E-state index < -0.39 is 24.1 Å². The topological polar surface area (TPSA) is 64.2 Å². The molecule has 5 nitrogen and oxygen atoms in total. The number of imidazole rings is 1. The van der Waals surface area contributed by atoms with Gasteiger partial charge in [-0.15, -0.1) is 0 Å². The number of benzene rings is 1. The third kappa shape index (κ3) is 4.04. The summed E-state index contributed by atoms with van der Waals surface area (Å²) < 4.78 is 53.2. The summed E-state index contributed by atoms with van der Waals surface area (Å²) in [6.07, 6.45) is -1.11. The van der Waals surface area contributed by atoms with Crippen molar-refractivity contribution < 1.29 is 22.4 Å². The van der Waals surface area contributed by atoms with Gasteiger partial charge in [0.05, 0.1) is 6.54 Å². The van der Waals surface area contributed by atoms with E-state index in [1.54, 1.807) is 4.57 Å². The number of hydrogen-bond acceptors (Lipinski definition) is 3. The first-order valence-corrected chi connectivity index (χ1v) is 8.15. The number of amides is 1. The van der Waals surface area contributed by atoms with Gasteiger partial charge in [-0.05, 0) is 24.1 Å². The maximum Gasteiger partial charge on any atom is 0.281 e. The molecule has 9 heteroatoms. The minimum absolute atomic E-state index is 0.0153. The molecule has 0 unspecified atom stereocenters. The predicted molar refractivity (Wildman–Crippen MR) is 85.3 cm³/mol. The van der Waals surface area contributed by atoms with Gasteiger partial charge in [0, 0.05) is 31.7 Å². The minimum atomic E-state index is -2.65. The molecule has 1 aromatic heterocycles. The molecule has 0 saturated heterocycles. The summed E-state index contributed by atoms with van der Waals surface area (Å²) >= 11 is 0. The number of fused-ring (bicyclic) bond motifs is 1. The molecule has 0 bridgehead atoms. The van der Waals surface area contributed by atoms with Gasteiger partial charge >= 0.3 is 0 Å². The molecule has 2 N–H and O–H groups in total. The van der Waals surface area contributed by atoms with Gasteiger partial charge in [-0.1, -0.05) is 6.07 Å². The highest BCUT2D eigenvalue weighted by molar-refractivity contribution is 5.76. The van der Waals surface area contributed by atoms with Gasteiger partial charge in [0.15, 0.2) is 11.6 Å². The summed E-state index contributed by atoms with van der Waals surface area (Å²) in [6.45, 7) is 0.908. The lowest BCUT2D eigenvalue weighted by Gasteiger charge is -2.28. The lowest BCUT2D eigenvalue weighted by molar-refractivity contribution is -0.133. The summed E-state index contributed by atoms with van der Waals surface area (Å²) in [5.41, 5.74) is 6.15. The molecule has 1 amide bonds. The van der Waals surface area contributed by atoms with Crippen molar-refractivity contribution in [2.24, 2.45) is 5.73 Å². The number of aromatic nitrogens is 2. The van der Waals surface area contributed by atoms with Crippen molar-refractivity contribution in [3.05, 3.63) is 53.1 Å². The van der Waals surface area contributed by atoms with Gasteiger partial charge in [-0.2, -0.15) is 0 Å². The molecule has 2 aromatic rings. The highest BCUT2D eigenvalue weighted by atomic mass is 19.3. The summed E-state index contributed by atoms with van der Waals surface area (Å²) in [6, 6.07) is 2.94. The predicted octanol–water partition coefficient (Wildman–Crippen LogP) is 2.40. The van der Waals surface area contributed by atoms with E-state index in [-0.39, 0.29) is 31.0 Å². The largest absolute Gasteiger partial charge is 0.333 e. The number of carbonyl (C=O) groups excluding carboxylic acids is 1. The first-order chi connectivity index (χ1) is 12.3. The second-order valence-corrected chi connectivity index (χ2v) is 6.31. The van der Waals surface area contributed by atoms with Crippen LogP contribution in [0, 0.1) is 11.6 Å². The Labute approximate surface area is 147 Å². The average Bonchev–Trinajstić information content (AvgIpc) is 3.01. The molecule has 0 fully saturated rings. The van der Waals surface area contributed by atoms with Gasteiger partial charge in [0.25, 0.3) is 6.43 Å². The van der Waals surface area contributed by atoms with Crippen LogP contribution >= 0.6 is 0 Å². The summed E-state index contributed by atoms with van der Waals surface area (Å²) in [4.78, 5) is 17.8. The van der Waals surface area contributed by atoms with Crippen LogP contribution in [0.3, 0.4) is 0 Å². The monoisotopic (exact) mass is 370 g/mol. The number of nitrogens with two attached hydrogens (primary N) is 1. The molecule has 0 saturated carbocycles. The Morgan fingerprint density at radius 3 is 2.69 bits per heavy atom. The SMILES string of the molecule is N[C@@H](CC(=O)N1CCn2cc(C(F)F)nc2C1)Cc1ccc(F)c(F)c1. The van der Waals surface area contributed by atoms with Gasteiger partial charge < -0.3 is 15.2 Å². The van der Waals surface area contributed by atoms with E-state index in [0.717, 1.165) is 12.1 Å². The molecule has 1 atom stereocenters. The molecule has 0 spiro atoms. The fourth-order valence-corrected chi connectivity index (χ4v) is 2.99. The Morgan fingerprint density at radius 2 is 2.00 bits per heavy atom. The smallest absolute Gasteiger partial charge is 0.281 e. The van der Waals surface area contributed by atoms with Crippen LogP contribution in [0.5, 0.6) is 0 Å². The Hall–Kier alpha value is -2.42. The summed E-state index contributed by atoms with van der Waals surface area (Å²) in [7, 11) is 0. The molecule has 0 aliphatic carbocycles. The molecule has 0 radical (unpaired) electrons. The second-order valence-electron chi connectivity index (χ2n) is 6.31. The van der Waals surface area contributed by atoms with E-state index >= 15 is 0 Å². The van der Waals surface area contributed by atoms with E-state index in [4.69, 9.17) is 5.73 Å². The lowest BCUT2D eigenvalue weighted by Crippen LogP contribution is -2.41. The standard InChI is InChI=1S/C17H18F4N4O/c18-12-2-1-10(6-13(12)19)5-11(22)7-16(26)25-4-3-24-8-14(17(20)21)23-15(24)9-25/h1-2,6,8,11,17H,3-5,7,9,22H2/t11-/m1/s1. The van der Waals surface area contributed by atoms with E-state index in [9.17, 15) is 22.4 Å². The molecule has 26 heavy (non-hydrogen) atoms. The van der Waals surface area contributed by atoms with Crippen LogP contribution in [0.25, 0.3) is 0 Å². The zero-order chi connectivity index (χ0) is 18.8. The van der Waals surface area contributed by atoms with Crippen molar-refractivity contribution in [2.75, 3.05) is 6.54 Å². The lowest BCUT2D eigenvalue weighted by atomic mass is 10.0. The van der Waals surface area contributed by atoms with Crippen LogP contribution in [0.15, 0.2) is 24.4 Å². The number of rotatable bonds is 5. The number of hydrogen-bond donors (Lipinski definition) is 1. The Bertz CT molecular complexity index is 808.